The van der Waals surface area contributed by atoms with Gasteiger partial charge in [-0.15, -0.1) is 0 Å². The second-order valence-electron chi connectivity index (χ2n) is 6.39. The molecule has 0 saturated heterocycles. The van der Waals surface area contributed by atoms with Gasteiger partial charge in [0.2, 0.25) is 5.82 Å². The van der Waals surface area contributed by atoms with Gasteiger partial charge < -0.3 is 4.90 Å². The van der Waals surface area contributed by atoms with Gasteiger partial charge in [-0.1, -0.05) is 5.92 Å². The predicted molar refractivity (Wildman–Crippen MR) is 86.1 cm³/mol. The fourth-order valence-electron chi connectivity index (χ4n) is 1.17. The number of carbonyl (C=O) groups excluding carboxylic acids is 1. The molecule has 1 aromatic heterocycles. The Bertz CT molecular complexity index is 542. The van der Waals surface area contributed by atoms with Gasteiger partial charge in [0, 0.05) is 25.0 Å². The minimum atomic E-state index is -0.873. The van der Waals surface area contributed by atoms with E-state index in [4.69, 9.17) is 0 Å². The molecule has 20 heavy (non-hydrogen) atoms. The fourth-order valence-corrected chi connectivity index (χ4v) is 1.59. The Morgan fingerprint density at radius 3 is 2.10 bits per heavy atom. The highest BCUT2D eigenvalue weighted by Gasteiger charge is 2.24. The van der Waals surface area contributed by atoms with Gasteiger partial charge in [-0.05, 0) is 44.8 Å². The summed E-state index contributed by atoms with van der Waals surface area (Å²) < 4.78 is 0. The van der Waals surface area contributed by atoms with E-state index in [-0.39, 0.29) is 17.3 Å². The van der Waals surface area contributed by atoms with Crippen LogP contribution in [-0.4, -0.2) is 52.1 Å². The zero-order valence-corrected chi connectivity index (χ0v) is 14.1. The van der Waals surface area contributed by atoms with Crippen molar-refractivity contribution >= 4 is 15.9 Å². The molecule has 0 radical (unpaired) electrons. The van der Waals surface area contributed by atoms with Gasteiger partial charge in [-0.2, -0.15) is 10.0 Å². The van der Waals surface area contributed by atoms with E-state index >= 15 is 0 Å². The van der Waals surface area contributed by atoms with E-state index in [0.717, 1.165) is 5.56 Å². The molecule has 0 aromatic carbocycles. The van der Waals surface area contributed by atoms with Crippen LogP contribution in [-0.2, 0) is 0 Å². The van der Waals surface area contributed by atoms with Crippen LogP contribution in [0.4, 0.5) is 0 Å². The first-order chi connectivity index (χ1) is 9.00. The first kappa shape index (κ1) is 16.5. The lowest BCUT2D eigenvalue weighted by Crippen LogP contribution is -2.43. The molecule has 0 N–H and O–H groups in total. The van der Waals surface area contributed by atoms with Gasteiger partial charge in [-0.3, -0.25) is 4.79 Å². The Morgan fingerprint density at radius 2 is 1.70 bits per heavy atom. The molecule has 0 atom stereocenters. The van der Waals surface area contributed by atoms with Crippen molar-refractivity contribution in [3.05, 3.63) is 23.8 Å². The summed E-state index contributed by atoms with van der Waals surface area (Å²) in [6, 6.07) is 0. The second-order valence-corrected chi connectivity index (χ2v) is 10.3. The highest BCUT2D eigenvalue weighted by Crippen LogP contribution is 2.32. The molecular weight excluding hydrogens is 270 g/mol. The summed E-state index contributed by atoms with van der Waals surface area (Å²) in [6.07, 6.45) is 9.58. The van der Waals surface area contributed by atoms with Crippen LogP contribution in [0.1, 0.15) is 37.0 Å². The van der Waals surface area contributed by atoms with Gasteiger partial charge in [0.15, 0.2) is 0 Å². The number of hydrogen-bond donors (Lipinski definition) is 0. The maximum atomic E-state index is 12.2. The second kappa shape index (κ2) is 5.84. The van der Waals surface area contributed by atoms with Crippen molar-refractivity contribution in [2.24, 2.45) is 0 Å². The maximum absolute atomic E-state index is 12.2. The zero-order valence-electron chi connectivity index (χ0n) is 13.3. The molecule has 5 heteroatoms. The van der Waals surface area contributed by atoms with Crippen molar-refractivity contribution in [3.63, 3.8) is 0 Å². The van der Waals surface area contributed by atoms with E-state index in [0.29, 0.717) is 0 Å². The first-order valence-electron chi connectivity index (χ1n) is 6.32. The normalized spacial score (nSPS) is 12.3. The molecule has 1 heterocycles. The summed E-state index contributed by atoms with van der Waals surface area (Å²) in [5, 5.41) is 3.19. The average molecular weight is 293 g/mol. The minimum Gasteiger partial charge on any atom is -0.334 e. The Morgan fingerprint density at radius 1 is 1.20 bits per heavy atom. The smallest absolute Gasteiger partial charge is 0.291 e. The molecule has 0 aliphatic carbocycles. The van der Waals surface area contributed by atoms with Crippen LogP contribution in [0.3, 0.4) is 0 Å². The molecule has 1 aromatic rings. The highest BCUT2D eigenvalue weighted by atomic mass is 32.3. The van der Waals surface area contributed by atoms with E-state index in [1.165, 1.54) is 0 Å². The molecule has 0 aliphatic rings. The Balaban J connectivity index is 2.92. The van der Waals surface area contributed by atoms with E-state index in [1.54, 1.807) is 24.3 Å². The maximum Gasteiger partial charge on any atom is 0.291 e. The molecule has 1 rings (SSSR count). The Kier molecular flexibility index (Phi) is 4.82. The molecule has 0 aliphatic heterocycles. The van der Waals surface area contributed by atoms with Gasteiger partial charge >= 0.3 is 0 Å². The summed E-state index contributed by atoms with van der Waals surface area (Å²) in [5.74, 6) is 3.07. The van der Waals surface area contributed by atoms with Crippen LogP contribution < -0.4 is 0 Å². The number of nitrogens with zero attached hydrogens (tertiary/aromatic N) is 3. The predicted octanol–water partition coefficient (Wildman–Crippen LogP) is 2.35. The Hall–Kier alpha value is -1.54. The Labute approximate surface area is 123 Å². The van der Waals surface area contributed by atoms with E-state index in [2.05, 4.69) is 39.9 Å². The number of hydrogen-bond acceptors (Lipinski definition) is 3. The van der Waals surface area contributed by atoms with Crippen molar-refractivity contribution in [2.75, 3.05) is 25.8 Å². The van der Waals surface area contributed by atoms with Gasteiger partial charge in [0.1, 0.15) is 0 Å². The van der Waals surface area contributed by atoms with Crippen LogP contribution in [0.15, 0.2) is 12.4 Å². The monoisotopic (exact) mass is 293 g/mol. The van der Waals surface area contributed by atoms with E-state index in [9.17, 15) is 4.79 Å². The third-order valence-corrected chi connectivity index (χ3v) is 3.37. The highest BCUT2D eigenvalue weighted by molar-refractivity contribution is 8.35. The minimum absolute atomic E-state index is 0.182. The molecule has 1 amide bonds. The molecule has 0 saturated carbocycles. The number of aromatic nitrogens is 2. The third-order valence-electron chi connectivity index (χ3n) is 2.66. The third kappa shape index (κ3) is 4.86. The largest absolute Gasteiger partial charge is 0.334 e. The topological polar surface area (TPSA) is 46.1 Å². The van der Waals surface area contributed by atoms with E-state index in [1.807, 2.05) is 20.8 Å². The zero-order chi connectivity index (χ0) is 15.6. The van der Waals surface area contributed by atoms with Gasteiger partial charge in [-0.25, -0.2) is 9.97 Å². The van der Waals surface area contributed by atoms with Gasteiger partial charge in [0.25, 0.3) is 5.91 Å². The van der Waals surface area contributed by atoms with Crippen molar-refractivity contribution in [2.45, 2.75) is 26.3 Å². The summed E-state index contributed by atoms with van der Waals surface area (Å²) in [7, 11) is 0.879. The van der Waals surface area contributed by atoms with Crippen LogP contribution in [0.5, 0.6) is 0 Å². The molecule has 110 valence electrons. The quantitative estimate of drug-likeness (QED) is 0.747. The molecule has 0 spiro atoms. The summed E-state index contributed by atoms with van der Waals surface area (Å²) >= 11 is 0. The lowest BCUT2D eigenvalue weighted by atomic mass is 10.1. The van der Waals surface area contributed by atoms with Crippen LogP contribution in [0.2, 0.25) is 0 Å². The standard InChI is InChI=1S/C15H23N3OS/c1-15(2,3)18(4)14(19)13-16-10-12(11-17-13)8-9-20(5,6)7/h10-11H,1-7H3. The summed E-state index contributed by atoms with van der Waals surface area (Å²) in [5.41, 5.74) is 0.483. The lowest BCUT2D eigenvalue weighted by molar-refractivity contribution is 0.0643. The van der Waals surface area contributed by atoms with Crippen LogP contribution >= 0.6 is 10.0 Å². The number of rotatable bonds is 1. The molecule has 4 nitrogen and oxygen atoms in total. The molecular formula is C15H23N3OS. The van der Waals surface area contributed by atoms with Crippen molar-refractivity contribution in [1.82, 2.24) is 14.9 Å². The van der Waals surface area contributed by atoms with Gasteiger partial charge in [0.05, 0.1) is 5.56 Å². The van der Waals surface area contributed by atoms with Crippen molar-refractivity contribution < 1.29 is 4.79 Å². The fraction of sp³-hybridized carbons (Fsp3) is 0.533. The van der Waals surface area contributed by atoms with Crippen LogP contribution in [0.25, 0.3) is 0 Å². The lowest BCUT2D eigenvalue weighted by Gasteiger charge is -2.31. The molecule has 0 bridgehead atoms. The number of amides is 1. The first-order valence-corrected chi connectivity index (χ1v) is 9.18. The van der Waals surface area contributed by atoms with E-state index < -0.39 is 10.0 Å². The summed E-state index contributed by atoms with van der Waals surface area (Å²) in [4.78, 5) is 22.1. The SMILES string of the molecule is CN(C(=O)c1ncc(C#CS(C)(C)C)cn1)C(C)(C)C. The van der Waals surface area contributed by atoms with Crippen molar-refractivity contribution in [1.29, 1.82) is 0 Å². The average Bonchev–Trinajstić information content (AvgIpc) is 2.33. The molecule has 0 unspecified atom stereocenters. The molecule has 0 fully saturated rings. The van der Waals surface area contributed by atoms with Crippen molar-refractivity contribution in [3.8, 4) is 11.2 Å². The van der Waals surface area contributed by atoms with Crippen LogP contribution in [0, 0.1) is 11.2 Å². The number of carbonyl (C=O) groups is 1. The summed E-state index contributed by atoms with van der Waals surface area (Å²) in [6.45, 7) is 5.91.